The van der Waals surface area contributed by atoms with Gasteiger partial charge in [-0.2, -0.15) is 0 Å². The lowest BCUT2D eigenvalue weighted by Gasteiger charge is -2.37. The molecule has 0 bridgehead atoms. The number of nitrogens with one attached hydrogen (secondary N) is 1. The predicted molar refractivity (Wildman–Crippen MR) is 76.4 cm³/mol. The number of nitrogens with zero attached hydrogens (tertiary/aromatic N) is 1. The van der Waals surface area contributed by atoms with E-state index in [1.807, 2.05) is 0 Å². The number of rotatable bonds is 7. The lowest BCUT2D eigenvalue weighted by molar-refractivity contribution is 0.140. The molecule has 1 N–H and O–H groups in total. The van der Waals surface area contributed by atoms with Gasteiger partial charge in [-0.25, -0.2) is 0 Å². The summed E-state index contributed by atoms with van der Waals surface area (Å²) in [5, 5.41) is 3.52. The van der Waals surface area contributed by atoms with Crippen LogP contribution in [0.25, 0.3) is 0 Å². The molecule has 17 heavy (non-hydrogen) atoms. The zero-order valence-corrected chi connectivity index (χ0v) is 12.4. The van der Waals surface area contributed by atoms with Crippen LogP contribution >= 0.6 is 0 Å². The van der Waals surface area contributed by atoms with E-state index in [1.165, 1.54) is 45.2 Å². The summed E-state index contributed by atoms with van der Waals surface area (Å²) in [6, 6.07) is 0. The van der Waals surface area contributed by atoms with E-state index in [-0.39, 0.29) is 0 Å². The van der Waals surface area contributed by atoms with Crippen molar-refractivity contribution in [2.24, 2.45) is 11.3 Å². The van der Waals surface area contributed by atoms with Crippen molar-refractivity contribution in [1.82, 2.24) is 10.2 Å². The molecule has 0 aromatic carbocycles. The lowest BCUT2D eigenvalue weighted by atomic mass is 9.75. The van der Waals surface area contributed by atoms with Crippen molar-refractivity contribution in [2.45, 2.75) is 52.9 Å². The smallest absolute Gasteiger partial charge is 0.0104 e. The fraction of sp³-hybridized carbons (Fsp3) is 1.00. The normalized spacial score (nSPS) is 20.1. The van der Waals surface area contributed by atoms with Crippen molar-refractivity contribution in [3.05, 3.63) is 0 Å². The van der Waals surface area contributed by atoms with Crippen LogP contribution in [0.15, 0.2) is 0 Å². The summed E-state index contributed by atoms with van der Waals surface area (Å²) < 4.78 is 0. The Morgan fingerprint density at radius 3 is 2.41 bits per heavy atom. The van der Waals surface area contributed by atoms with Crippen LogP contribution in [0.1, 0.15) is 52.9 Å². The van der Waals surface area contributed by atoms with Gasteiger partial charge in [0.15, 0.2) is 0 Å². The first-order chi connectivity index (χ1) is 8.02. The first-order valence-corrected chi connectivity index (χ1v) is 7.41. The molecule has 0 radical (unpaired) electrons. The van der Waals surface area contributed by atoms with E-state index in [1.54, 1.807) is 0 Å². The van der Waals surface area contributed by atoms with Crippen molar-refractivity contribution in [1.29, 1.82) is 0 Å². The average molecular weight is 240 g/mol. The molecule has 0 heterocycles. The Morgan fingerprint density at radius 1 is 1.18 bits per heavy atom. The van der Waals surface area contributed by atoms with E-state index in [9.17, 15) is 0 Å². The van der Waals surface area contributed by atoms with Crippen molar-refractivity contribution < 1.29 is 0 Å². The molecule has 2 heteroatoms. The molecule has 0 aromatic rings. The highest BCUT2D eigenvalue weighted by atomic mass is 15.1. The monoisotopic (exact) mass is 240 g/mol. The molecule has 0 amide bonds. The van der Waals surface area contributed by atoms with E-state index in [0.717, 1.165) is 19.0 Å². The molecule has 0 aromatic heterocycles. The van der Waals surface area contributed by atoms with Crippen LogP contribution in [0.5, 0.6) is 0 Å². The Balaban J connectivity index is 2.13. The van der Waals surface area contributed by atoms with E-state index < -0.39 is 0 Å². The largest absolute Gasteiger partial charge is 0.315 e. The van der Waals surface area contributed by atoms with Gasteiger partial charge in [-0.05, 0) is 37.8 Å². The van der Waals surface area contributed by atoms with E-state index in [0.29, 0.717) is 5.41 Å². The quantitative estimate of drug-likeness (QED) is 0.688. The summed E-state index contributed by atoms with van der Waals surface area (Å²) in [5.41, 5.74) is 0.588. The van der Waals surface area contributed by atoms with Gasteiger partial charge in [0.2, 0.25) is 0 Å². The first-order valence-electron chi connectivity index (χ1n) is 7.41. The van der Waals surface area contributed by atoms with Crippen molar-refractivity contribution in [3.63, 3.8) is 0 Å². The topological polar surface area (TPSA) is 15.3 Å². The molecule has 1 saturated carbocycles. The molecule has 1 aliphatic rings. The van der Waals surface area contributed by atoms with Crippen molar-refractivity contribution in [2.75, 3.05) is 33.2 Å². The second kappa shape index (κ2) is 7.38. The molecule has 1 aliphatic carbocycles. The standard InChI is InChI=1S/C15H32N2/c1-14(2)12-16-10-11-17(4)13-15(3)8-6-5-7-9-15/h14,16H,5-13H2,1-4H3. The van der Waals surface area contributed by atoms with Crippen LogP contribution in [-0.4, -0.2) is 38.1 Å². The highest BCUT2D eigenvalue weighted by Crippen LogP contribution is 2.35. The Bertz CT molecular complexity index is 195. The van der Waals surface area contributed by atoms with Gasteiger partial charge in [0.25, 0.3) is 0 Å². The van der Waals surface area contributed by atoms with Gasteiger partial charge in [-0.15, -0.1) is 0 Å². The predicted octanol–water partition coefficient (Wildman–Crippen LogP) is 3.13. The van der Waals surface area contributed by atoms with E-state index in [4.69, 9.17) is 0 Å². The third-order valence-corrected chi connectivity index (χ3v) is 3.94. The minimum absolute atomic E-state index is 0.588. The number of hydrogen-bond acceptors (Lipinski definition) is 2. The average Bonchev–Trinajstić information content (AvgIpc) is 2.24. The van der Waals surface area contributed by atoms with Gasteiger partial charge in [0.05, 0.1) is 0 Å². The van der Waals surface area contributed by atoms with Crippen LogP contribution in [0.4, 0.5) is 0 Å². The molecule has 0 unspecified atom stereocenters. The Labute approximate surface area is 108 Å². The molecular weight excluding hydrogens is 208 g/mol. The fourth-order valence-corrected chi connectivity index (χ4v) is 2.95. The third kappa shape index (κ3) is 6.42. The minimum Gasteiger partial charge on any atom is -0.315 e. The maximum atomic E-state index is 3.52. The molecular formula is C15H32N2. The zero-order valence-electron chi connectivity index (χ0n) is 12.4. The summed E-state index contributed by atoms with van der Waals surface area (Å²) >= 11 is 0. The van der Waals surface area contributed by atoms with E-state index in [2.05, 4.69) is 38.0 Å². The first kappa shape index (κ1) is 15.0. The summed E-state index contributed by atoms with van der Waals surface area (Å²) in [6.07, 6.45) is 7.19. The molecule has 1 fully saturated rings. The summed E-state index contributed by atoms with van der Waals surface area (Å²) in [6.45, 7) is 11.7. The number of hydrogen-bond donors (Lipinski definition) is 1. The highest BCUT2D eigenvalue weighted by Gasteiger charge is 2.27. The molecule has 0 saturated heterocycles. The summed E-state index contributed by atoms with van der Waals surface area (Å²) in [5.74, 6) is 0.760. The van der Waals surface area contributed by atoms with Crippen molar-refractivity contribution in [3.8, 4) is 0 Å². The van der Waals surface area contributed by atoms with Crippen LogP contribution in [0.3, 0.4) is 0 Å². The second-order valence-corrected chi connectivity index (χ2v) is 6.71. The summed E-state index contributed by atoms with van der Waals surface area (Å²) in [7, 11) is 2.27. The van der Waals surface area contributed by atoms with Crippen LogP contribution in [0.2, 0.25) is 0 Å². The van der Waals surface area contributed by atoms with Gasteiger partial charge in [0.1, 0.15) is 0 Å². The maximum Gasteiger partial charge on any atom is 0.0104 e. The Hall–Kier alpha value is -0.0800. The third-order valence-electron chi connectivity index (χ3n) is 3.94. The van der Waals surface area contributed by atoms with E-state index >= 15 is 0 Å². The SMILES string of the molecule is CC(C)CNCCN(C)CC1(C)CCCCC1. The van der Waals surface area contributed by atoms with Crippen molar-refractivity contribution >= 4 is 0 Å². The second-order valence-electron chi connectivity index (χ2n) is 6.71. The Kier molecular flexibility index (Phi) is 6.50. The summed E-state index contributed by atoms with van der Waals surface area (Å²) in [4.78, 5) is 2.51. The highest BCUT2D eigenvalue weighted by molar-refractivity contribution is 4.81. The zero-order chi connectivity index (χ0) is 12.7. The molecule has 102 valence electrons. The lowest BCUT2D eigenvalue weighted by Crippen LogP contribution is -2.38. The molecule has 0 aliphatic heterocycles. The van der Waals surface area contributed by atoms with Crippen LogP contribution < -0.4 is 5.32 Å². The number of likely N-dealkylation sites (N-methyl/N-ethyl adjacent to an activating group) is 1. The molecule has 1 rings (SSSR count). The molecule has 0 spiro atoms. The fourth-order valence-electron chi connectivity index (χ4n) is 2.95. The minimum atomic E-state index is 0.588. The van der Waals surface area contributed by atoms with Gasteiger partial charge in [-0.1, -0.05) is 40.0 Å². The van der Waals surface area contributed by atoms with Gasteiger partial charge in [0, 0.05) is 19.6 Å². The molecule has 2 nitrogen and oxygen atoms in total. The van der Waals surface area contributed by atoms with Gasteiger partial charge >= 0.3 is 0 Å². The molecule has 0 atom stereocenters. The van der Waals surface area contributed by atoms with Crippen LogP contribution in [-0.2, 0) is 0 Å². The maximum absolute atomic E-state index is 3.52. The van der Waals surface area contributed by atoms with Gasteiger partial charge in [-0.3, -0.25) is 0 Å². The Morgan fingerprint density at radius 2 is 1.82 bits per heavy atom. The van der Waals surface area contributed by atoms with Crippen LogP contribution in [0, 0.1) is 11.3 Å². The van der Waals surface area contributed by atoms with Gasteiger partial charge < -0.3 is 10.2 Å².